The molecule has 0 amide bonds. The third kappa shape index (κ3) is 7.99. The normalized spacial score (nSPS) is 10.5. The number of rotatable bonds is 4. The lowest BCUT2D eigenvalue weighted by Gasteiger charge is -2.05. The number of aryl methyl sites for hydroxylation is 1. The topological polar surface area (TPSA) is 57.2 Å². The molecule has 20 heavy (non-hydrogen) atoms. The lowest BCUT2D eigenvalue weighted by molar-refractivity contribution is 0.462. The van der Waals surface area contributed by atoms with Crippen LogP contribution in [0.25, 0.3) is 0 Å². The van der Waals surface area contributed by atoms with Gasteiger partial charge in [-0.3, -0.25) is 0 Å². The summed E-state index contributed by atoms with van der Waals surface area (Å²) < 4.78 is 30.7. The maximum absolute atomic E-state index is 10.2. The van der Waals surface area contributed by atoms with Crippen molar-refractivity contribution in [1.29, 1.82) is 0 Å². The van der Waals surface area contributed by atoms with E-state index in [1.165, 1.54) is 5.56 Å². The van der Waals surface area contributed by atoms with Gasteiger partial charge in [0.2, 0.25) is 0 Å². The highest BCUT2D eigenvalue weighted by molar-refractivity contribution is 7.84. The molecule has 0 spiro atoms. The van der Waals surface area contributed by atoms with Gasteiger partial charge in [-0.25, -0.2) is 8.42 Å². The molecule has 2 rings (SSSR count). The minimum Gasteiger partial charge on any atom is -0.748 e. The fourth-order valence-electron chi connectivity index (χ4n) is 1.57. The van der Waals surface area contributed by atoms with E-state index in [2.05, 4.69) is 36.9 Å². The van der Waals surface area contributed by atoms with Crippen LogP contribution in [0.4, 0.5) is 0 Å². The molecule has 2 aromatic carbocycles. The fourth-order valence-corrected chi connectivity index (χ4v) is 2.46. The minimum atomic E-state index is -4.13. The lowest BCUT2D eigenvalue weighted by Crippen LogP contribution is -2.01. The van der Waals surface area contributed by atoms with Crippen LogP contribution in [0.2, 0.25) is 0 Å². The summed E-state index contributed by atoms with van der Waals surface area (Å²) in [7, 11) is -4.13. The predicted octanol–water partition coefficient (Wildman–Crippen LogP) is 1.97. The van der Waals surface area contributed by atoms with E-state index in [-0.39, 0.29) is 0 Å². The SMILES string of the molecule is O=S(=O)([O-])Cc1ccccc1.[SH2+]CCc1ccccc1. The van der Waals surface area contributed by atoms with Crippen LogP contribution >= 0.6 is 0 Å². The van der Waals surface area contributed by atoms with Crippen molar-refractivity contribution >= 4 is 22.7 Å². The maximum atomic E-state index is 10.2. The molecule has 0 fully saturated rings. The number of hydrogen-bond acceptors (Lipinski definition) is 3. The second-order valence-electron chi connectivity index (χ2n) is 4.17. The molecule has 0 atom stereocenters. The third-order valence-corrected chi connectivity index (χ3v) is 3.38. The van der Waals surface area contributed by atoms with Gasteiger partial charge in [0.1, 0.15) is 5.75 Å². The number of benzene rings is 2. The summed E-state index contributed by atoms with van der Waals surface area (Å²) in [4.78, 5) is 0. The van der Waals surface area contributed by atoms with Crippen LogP contribution in [0.3, 0.4) is 0 Å². The molecule has 0 unspecified atom stereocenters. The Morgan fingerprint density at radius 3 is 1.70 bits per heavy atom. The summed E-state index contributed by atoms with van der Waals surface area (Å²) >= 11 is 3.43. The van der Waals surface area contributed by atoms with E-state index < -0.39 is 15.9 Å². The molecule has 0 saturated heterocycles. The van der Waals surface area contributed by atoms with Crippen LogP contribution in [0.5, 0.6) is 0 Å². The molecule has 0 bridgehead atoms. The van der Waals surface area contributed by atoms with Gasteiger partial charge in [-0.05, 0) is 23.8 Å². The fraction of sp³-hybridized carbons (Fsp3) is 0.200. The average Bonchev–Trinajstić information content (AvgIpc) is 2.40. The van der Waals surface area contributed by atoms with E-state index in [9.17, 15) is 13.0 Å². The zero-order chi connectivity index (χ0) is 14.8. The van der Waals surface area contributed by atoms with Crippen LogP contribution in [-0.2, 0) is 34.9 Å². The third-order valence-electron chi connectivity index (χ3n) is 2.44. The molecule has 0 N–H and O–H groups in total. The lowest BCUT2D eigenvalue weighted by atomic mass is 10.2. The smallest absolute Gasteiger partial charge is 0.107 e. The Morgan fingerprint density at radius 1 is 0.850 bits per heavy atom. The Morgan fingerprint density at radius 2 is 1.30 bits per heavy atom. The molecule has 0 heterocycles. The summed E-state index contributed by atoms with van der Waals surface area (Å²) in [5, 5.41) is 0. The first kappa shape index (κ1) is 16.8. The zero-order valence-corrected chi connectivity index (χ0v) is 12.8. The van der Waals surface area contributed by atoms with Crippen LogP contribution in [0.1, 0.15) is 11.1 Å². The van der Waals surface area contributed by atoms with Gasteiger partial charge in [0.05, 0.1) is 15.9 Å². The van der Waals surface area contributed by atoms with Crippen molar-refractivity contribution in [2.45, 2.75) is 12.2 Å². The Bertz CT molecular complexity index is 581. The summed E-state index contributed by atoms with van der Waals surface area (Å²) in [6.45, 7) is 0. The van der Waals surface area contributed by atoms with Gasteiger partial charge in [0, 0.05) is 6.42 Å². The van der Waals surface area contributed by atoms with Crippen molar-refractivity contribution in [2.24, 2.45) is 0 Å². The molecule has 2 aromatic rings. The average molecular weight is 310 g/mol. The Hall–Kier alpha value is -1.30. The van der Waals surface area contributed by atoms with E-state index in [4.69, 9.17) is 0 Å². The van der Waals surface area contributed by atoms with Crippen molar-refractivity contribution in [3.05, 3.63) is 71.8 Å². The second kappa shape index (κ2) is 8.79. The summed E-state index contributed by atoms with van der Waals surface area (Å²) in [6.07, 6.45) is 1.12. The van der Waals surface area contributed by atoms with E-state index >= 15 is 0 Å². The molecule has 0 saturated carbocycles. The minimum absolute atomic E-state index is 0.423. The van der Waals surface area contributed by atoms with Crippen molar-refractivity contribution in [3.63, 3.8) is 0 Å². The Balaban J connectivity index is 0.000000204. The molecule has 0 aliphatic rings. The molecular formula is C15H18O3S2. The largest absolute Gasteiger partial charge is 0.748 e. The van der Waals surface area contributed by atoms with E-state index in [1.807, 2.05) is 6.07 Å². The molecule has 3 nitrogen and oxygen atoms in total. The van der Waals surface area contributed by atoms with Gasteiger partial charge in [0.25, 0.3) is 0 Å². The summed E-state index contributed by atoms with van der Waals surface area (Å²) in [6, 6.07) is 18.8. The van der Waals surface area contributed by atoms with Crippen molar-refractivity contribution in [1.82, 2.24) is 0 Å². The van der Waals surface area contributed by atoms with Gasteiger partial charge in [-0.2, -0.15) is 0 Å². The summed E-state index contributed by atoms with van der Waals surface area (Å²) in [5.74, 6) is 0.623. The monoisotopic (exact) mass is 310 g/mol. The van der Waals surface area contributed by atoms with E-state index in [0.717, 1.165) is 12.2 Å². The Kier molecular flexibility index (Phi) is 7.36. The number of hydrogen-bond donors (Lipinski definition) is 0. The Labute approximate surface area is 125 Å². The molecular weight excluding hydrogens is 292 g/mol. The van der Waals surface area contributed by atoms with Crippen LogP contribution < -0.4 is 0 Å². The highest BCUT2D eigenvalue weighted by atomic mass is 32.2. The van der Waals surface area contributed by atoms with Crippen LogP contribution in [-0.4, -0.2) is 18.7 Å². The molecule has 5 heteroatoms. The standard InChI is InChI=1S/C8H10S.C7H8O3S/c9-7-6-8-4-2-1-3-5-8;8-11(9,10)6-7-4-2-1-3-5-7/h1-5,9H,6-7H2;1-5H,6H2,(H,8,9,10). The second-order valence-corrected chi connectivity index (χ2v) is 6.08. The molecule has 108 valence electrons. The molecule has 0 radical (unpaired) electrons. The van der Waals surface area contributed by atoms with Gasteiger partial charge in [-0.15, -0.1) is 0 Å². The van der Waals surface area contributed by atoms with E-state index in [0.29, 0.717) is 5.56 Å². The highest BCUT2D eigenvalue weighted by Gasteiger charge is 1.96. The zero-order valence-electron chi connectivity index (χ0n) is 11.0. The van der Waals surface area contributed by atoms with Gasteiger partial charge in [0.15, 0.2) is 0 Å². The molecule has 0 aliphatic carbocycles. The molecule has 0 aliphatic heterocycles. The van der Waals surface area contributed by atoms with Gasteiger partial charge < -0.3 is 4.55 Å². The van der Waals surface area contributed by atoms with Crippen LogP contribution in [0, 0.1) is 0 Å². The summed E-state index contributed by atoms with van der Waals surface area (Å²) in [5.41, 5.74) is 1.93. The quantitative estimate of drug-likeness (QED) is 0.641. The van der Waals surface area contributed by atoms with Crippen molar-refractivity contribution < 1.29 is 13.0 Å². The predicted molar refractivity (Wildman–Crippen MR) is 85.0 cm³/mol. The van der Waals surface area contributed by atoms with Crippen molar-refractivity contribution in [3.8, 4) is 0 Å². The first-order valence-electron chi connectivity index (χ1n) is 6.17. The van der Waals surface area contributed by atoms with Crippen molar-refractivity contribution in [2.75, 3.05) is 5.75 Å². The molecule has 0 aromatic heterocycles. The van der Waals surface area contributed by atoms with E-state index in [1.54, 1.807) is 30.3 Å². The maximum Gasteiger partial charge on any atom is 0.107 e. The van der Waals surface area contributed by atoms with Crippen LogP contribution in [0.15, 0.2) is 60.7 Å². The van der Waals surface area contributed by atoms with Gasteiger partial charge in [-0.1, -0.05) is 60.7 Å². The first-order valence-corrected chi connectivity index (χ1v) is 8.46. The first-order chi connectivity index (χ1) is 9.51. The van der Waals surface area contributed by atoms with Gasteiger partial charge >= 0.3 is 0 Å². The highest BCUT2D eigenvalue weighted by Crippen LogP contribution is 2.02.